The Hall–Kier alpha value is -3.37. The predicted molar refractivity (Wildman–Crippen MR) is 108 cm³/mol. The molecule has 154 valence electrons. The zero-order valence-electron chi connectivity index (χ0n) is 16.0. The van der Waals surface area contributed by atoms with Crippen LogP contribution in [0.25, 0.3) is 17.0 Å². The molecule has 30 heavy (non-hydrogen) atoms. The number of nitrogens with one attached hydrogen (secondary N) is 1. The van der Waals surface area contributed by atoms with E-state index in [1.54, 1.807) is 36.4 Å². The molecule has 0 aliphatic carbocycles. The molecule has 0 spiro atoms. The van der Waals surface area contributed by atoms with Gasteiger partial charge in [0.15, 0.2) is 11.5 Å². The number of aryl methyl sites for hydroxylation is 1. The van der Waals surface area contributed by atoms with Gasteiger partial charge in [0.25, 0.3) is 0 Å². The minimum absolute atomic E-state index is 0.0724. The van der Waals surface area contributed by atoms with Crippen LogP contribution in [0.15, 0.2) is 65.6 Å². The van der Waals surface area contributed by atoms with Crippen LogP contribution in [0.4, 0.5) is 4.39 Å². The Kier molecular flexibility index (Phi) is 5.42. The standard InChI is InChI=1S/C20H18FN5O3S/c1-14-3-2-4-17(13-14)30(27,28)22-11-12-29-19-10-9-18-23-24-20(26(18)25-19)15-5-7-16(21)8-6-15/h2-10,13,22H,11-12H2,1H3. The lowest BCUT2D eigenvalue weighted by atomic mass is 10.2. The molecule has 0 saturated heterocycles. The van der Waals surface area contributed by atoms with Crippen LogP contribution in [0.3, 0.4) is 0 Å². The van der Waals surface area contributed by atoms with E-state index in [0.29, 0.717) is 17.0 Å². The normalized spacial score (nSPS) is 11.7. The van der Waals surface area contributed by atoms with Gasteiger partial charge in [0, 0.05) is 18.2 Å². The maximum absolute atomic E-state index is 13.2. The molecule has 0 atom stereocenters. The van der Waals surface area contributed by atoms with Crippen molar-refractivity contribution in [1.29, 1.82) is 0 Å². The number of hydrogen-bond acceptors (Lipinski definition) is 6. The number of aromatic nitrogens is 4. The van der Waals surface area contributed by atoms with E-state index in [1.807, 2.05) is 13.0 Å². The fraction of sp³-hybridized carbons (Fsp3) is 0.150. The van der Waals surface area contributed by atoms with Gasteiger partial charge in [0.05, 0.1) is 4.90 Å². The second-order valence-electron chi connectivity index (χ2n) is 6.53. The maximum Gasteiger partial charge on any atom is 0.240 e. The van der Waals surface area contributed by atoms with E-state index in [-0.39, 0.29) is 29.7 Å². The zero-order chi connectivity index (χ0) is 21.1. The summed E-state index contributed by atoms with van der Waals surface area (Å²) in [5.41, 5.74) is 2.01. The number of hydrogen-bond donors (Lipinski definition) is 1. The van der Waals surface area contributed by atoms with Crippen molar-refractivity contribution in [2.75, 3.05) is 13.2 Å². The number of nitrogens with zero attached hydrogens (tertiary/aromatic N) is 4. The van der Waals surface area contributed by atoms with Gasteiger partial charge in [0.2, 0.25) is 15.9 Å². The molecule has 0 radical (unpaired) electrons. The molecule has 2 aromatic carbocycles. The molecule has 0 unspecified atom stereocenters. The summed E-state index contributed by atoms with van der Waals surface area (Å²) in [6.45, 7) is 1.98. The molecule has 0 aliphatic heterocycles. The molecule has 2 heterocycles. The van der Waals surface area contributed by atoms with Crippen molar-refractivity contribution in [3.05, 3.63) is 72.0 Å². The molecule has 4 rings (SSSR count). The summed E-state index contributed by atoms with van der Waals surface area (Å²) in [5.74, 6) is 0.369. The summed E-state index contributed by atoms with van der Waals surface area (Å²) in [5, 5.41) is 12.5. The second kappa shape index (κ2) is 8.17. The topological polar surface area (TPSA) is 98.5 Å². The summed E-state index contributed by atoms with van der Waals surface area (Å²) >= 11 is 0. The lowest BCUT2D eigenvalue weighted by molar-refractivity contribution is 0.306. The molecular formula is C20H18FN5O3S. The highest BCUT2D eigenvalue weighted by molar-refractivity contribution is 7.89. The number of sulfonamides is 1. The Labute approximate surface area is 172 Å². The van der Waals surface area contributed by atoms with E-state index >= 15 is 0 Å². The monoisotopic (exact) mass is 427 g/mol. The van der Waals surface area contributed by atoms with Crippen LogP contribution in [0, 0.1) is 12.7 Å². The van der Waals surface area contributed by atoms with Gasteiger partial charge < -0.3 is 4.74 Å². The van der Waals surface area contributed by atoms with E-state index in [0.717, 1.165) is 5.56 Å². The van der Waals surface area contributed by atoms with E-state index in [1.165, 1.54) is 22.7 Å². The molecule has 0 saturated carbocycles. The maximum atomic E-state index is 13.2. The van der Waals surface area contributed by atoms with Crippen molar-refractivity contribution in [1.82, 2.24) is 24.5 Å². The Morgan fingerprint density at radius 3 is 2.63 bits per heavy atom. The molecule has 0 fully saturated rings. The molecule has 4 aromatic rings. The molecule has 8 nitrogen and oxygen atoms in total. The van der Waals surface area contributed by atoms with E-state index in [2.05, 4.69) is 20.0 Å². The highest BCUT2D eigenvalue weighted by Crippen LogP contribution is 2.19. The average molecular weight is 427 g/mol. The number of fused-ring (bicyclic) bond motifs is 1. The fourth-order valence-electron chi connectivity index (χ4n) is 2.83. The van der Waals surface area contributed by atoms with Gasteiger partial charge >= 0.3 is 0 Å². The molecular weight excluding hydrogens is 409 g/mol. The minimum Gasteiger partial charge on any atom is -0.475 e. The van der Waals surface area contributed by atoms with Gasteiger partial charge in [0.1, 0.15) is 12.4 Å². The van der Waals surface area contributed by atoms with Crippen molar-refractivity contribution < 1.29 is 17.5 Å². The average Bonchev–Trinajstić information content (AvgIpc) is 3.15. The molecule has 10 heteroatoms. The summed E-state index contributed by atoms with van der Waals surface area (Å²) in [6, 6.07) is 15.8. The number of halogens is 1. The Bertz CT molecular complexity index is 1290. The summed E-state index contributed by atoms with van der Waals surface area (Å²) in [6.07, 6.45) is 0. The third-order valence-corrected chi connectivity index (χ3v) is 5.74. The van der Waals surface area contributed by atoms with Crippen molar-refractivity contribution in [3.63, 3.8) is 0 Å². The number of benzene rings is 2. The zero-order valence-corrected chi connectivity index (χ0v) is 16.8. The molecule has 0 aliphatic rings. The molecule has 0 amide bonds. The van der Waals surface area contributed by atoms with Gasteiger partial charge in [-0.15, -0.1) is 15.3 Å². The van der Waals surface area contributed by atoms with E-state index in [4.69, 9.17) is 4.74 Å². The van der Waals surface area contributed by atoms with Crippen LogP contribution >= 0.6 is 0 Å². The van der Waals surface area contributed by atoms with Crippen LogP contribution in [0.5, 0.6) is 5.88 Å². The van der Waals surface area contributed by atoms with Gasteiger partial charge in [-0.3, -0.25) is 0 Å². The Morgan fingerprint density at radius 2 is 1.87 bits per heavy atom. The molecule has 1 N–H and O–H groups in total. The SMILES string of the molecule is Cc1cccc(S(=O)(=O)NCCOc2ccc3nnc(-c4ccc(F)cc4)n3n2)c1. The summed E-state index contributed by atoms with van der Waals surface area (Å²) in [7, 11) is -3.62. The highest BCUT2D eigenvalue weighted by atomic mass is 32.2. The first-order chi connectivity index (χ1) is 14.4. The van der Waals surface area contributed by atoms with Crippen LogP contribution in [0.1, 0.15) is 5.56 Å². The first kappa shape index (κ1) is 19.9. The largest absolute Gasteiger partial charge is 0.475 e. The fourth-order valence-corrected chi connectivity index (χ4v) is 3.94. The van der Waals surface area contributed by atoms with Crippen molar-refractivity contribution in [2.24, 2.45) is 0 Å². The summed E-state index contributed by atoms with van der Waals surface area (Å²) in [4.78, 5) is 0.204. The van der Waals surface area contributed by atoms with Gasteiger partial charge in [-0.1, -0.05) is 12.1 Å². The molecule has 2 aromatic heterocycles. The Morgan fingerprint density at radius 1 is 1.07 bits per heavy atom. The van der Waals surface area contributed by atoms with Crippen LogP contribution in [-0.2, 0) is 10.0 Å². The lowest BCUT2D eigenvalue weighted by Crippen LogP contribution is -2.28. The quantitative estimate of drug-likeness (QED) is 0.455. The lowest BCUT2D eigenvalue weighted by Gasteiger charge is -2.09. The van der Waals surface area contributed by atoms with Gasteiger partial charge in [-0.2, -0.15) is 4.52 Å². The van der Waals surface area contributed by atoms with Crippen LogP contribution < -0.4 is 9.46 Å². The number of rotatable bonds is 7. The second-order valence-corrected chi connectivity index (χ2v) is 8.30. The Balaban J connectivity index is 1.43. The first-order valence-electron chi connectivity index (χ1n) is 9.10. The molecule has 0 bridgehead atoms. The predicted octanol–water partition coefficient (Wildman–Crippen LogP) is 2.60. The van der Waals surface area contributed by atoms with Crippen molar-refractivity contribution >= 4 is 15.7 Å². The third-order valence-electron chi connectivity index (χ3n) is 4.28. The van der Waals surface area contributed by atoms with Gasteiger partial charge in [-0.05, 0) is 55.0 Å². The smallest absolute Gasteiger partial charge is 0.240 e. The third kappa shape index (κ3) is 4.29. The number of ether oxygens (including phenoxy) is 1. The van der Waals surface area contributed by atoms with Crippen molar-refractivity contribution in [2.45, 2.75) is 11.8 Å². The minimum atomic E-state index is -3.62. The van der Waals surface area contributed by atoms with Crippen LogP contribution in [-0.4, -0.2) is 41.4 Å². The van der Waals surface area contributed by atoms with Gasteiger partial charge in [-0.25, -0.2) is 17.5 Å². The summed E-state index contributed by atoms with van der Waals surface area (Å²) < 4.78 is 47.4. The van der Waals surface area contributed by atoms with E-state index < -0.39 is 10.0 Å². The van der Waals surface area contributed by atoms with Crippen LogP contribution in [0.2, 0.25) is 0 Å². The van der Waals surface area contributed by atoms with Crippen molar-refractivity contribution in [3.8, 4) is 17.3 Å². The first-order valence-corrected chi connectivity index (χ1v) is 10.6. The highest BCUT2D eigenvalue weighted by Gasteiger charge is 2.14. The van der Waals surface area contributed by atoms with E-state index in [9.17, 15) is 12.8 Å².